The number of aromatic nitrogens is 2. The lowest BCUT2D eigenvalue weighted by molar-refractivity contribution is 1.19. The predicted molar refractivity (Wildman–Crippen MR) is 70.0 cm³/mol. The number of nitrogens with one attached hydrogen (secondary N) is 1. The zero-order chi connectivity index (χ0) is 13.1. The average Bonchev–Trinajstić information content (AvgIpc) is 2.30. The molecule has 1 aromatic carbocycles. The standard InChI is InChI=1S/C12H12N6/c1-7-2-3-8(6-13)4-9(7)16-11-5-10(14)17-12(15)18-11/h2-5H,1H3,(H5,14,15,16,17,18). The Hall–Kier alpha value is -2.81. The molecule has 0 aliphatic carbocycles. The van der Waals surface area contributed by atoms with Crippen LogP contribution < -0.4 is 16.8 Å². The lowest BCUT2D eigenvalue weighted by atomic mass is 10.1. The molecule has 1 heterocycles. The van der Waals surface area contributed by atoms with Crippen molar-refractivity contribution in [2.45, 2.75) is 6.92 Å². The maximum atomic E-state index is 8.86. The molecule has 0 fully saturated rings. The summed E-state index contributed by atoms with van der Waals surface area (Å²) in [7, 11) is 0. The van der Waals surface area contributed by atoms with Gasteiger partial charge in [0.15, 0.2) is 0 Å². The quantitative estimate of drug-likeness (QED) is 0.734. The van der Waals surface area contributed by atoms with Gasteiger partial charge >= 0.3 is 0 Å². The molecule has 0 aliphatic heterocycles. The SMILES string of the molecule is Cc1ccc(C#N)cc1Nc1cc(N)nc(N)n1. The van der Waals surface area contributed by atoms with E-state index in [0.717, 1.165) is 11.3 Å². The summed E-state index contributed by atoms with van der Waals surface area (Å²) in [5.74, 6) is 0.892. The van der Waals surface area contributed by atoms with Gasteiger partial charge in [0.25, 0.3) is 0 Å². The molecule has 0 saturated heterocycles. The summed E-state index contributed by atoms with van der Waals surface area (Å²) < 4.78 is 0. The molecule has 0 unspecified atom stereocenters. The molecule has 0 amide bonds. The van der Waals surface area contributed by atoms with Gasteiger partial charge in [-0.2, -0.15) is 15.2 Å². The molecule has 6 nitrogen and oxygen atoms in total. The van der Waals surface area contributed by atoms with E-state index in [0.29, 0.717) is 17.2 Å². The fourth-order valence-corrected chi connectivity index (χ4v) is 1.51. The van der Waals surface area contributed by atoms with Crippen molar-refractivity contribution >= 4 is 23.3 Å². The third-order valence-corrected chi connectivity index (χ3v) is 2.39. The Kier molecular flexibility index (Phi) is 2.98. The Bertz CT molecular complexity index is 609. The largest absolute Gasteiger partial charge is 0.383 e. The van der Waals surface area contributed by atoms with E-state index in [1.807, 2.05) is 13.0 Å². The van der Waals surface area contributed by atoms with Gasteiger partial charge in [0.1, 0.15) is 11.6 Å². The second-order valence-electron chi connectivity index (χ2n) is 3.80. The van der Waals surface area contributed by atoms with Crippen LogP contribution in [0.4, 0.5) is 23.3 Å². The smallest absolute Gasteiger partial charge is 0.223 e. The highest BCUT2D eigenvalue weighted by molar-refractivity contribution is 5.64. The van der Waals surface area contributed by atoms with E-state index < -0.39 is 0 Å². The molecular weight excluding hydrogens is 228 g/mol. The van der Waals surface area contributed by atoms with Crippen molar-refractivity contribution in [2.75, 3.05) is 16.8 Å². The maximum Gasteiger partial charge on any atom is 0.223 e. The van der Waals surface area contributed by atoms with Crippen molar-refractivity contribution in [1.82, 2.24) is 9.97 Å². The second-order valence-corrected chi connectivity index (χ2v) is 3.80. The van der Waals surface area contributed by atoms with Gasteiger partial charge in [-0.15, -0.1) is 0 Å². The van der Waals surface area contributed by atoms with E-state index >= 15 is 0 Å². The van der Waals surface area contributed by atoms with Crippen LogP contribution in [-0.2, 0) is 0 Å². The van der Waals surface area contributed by atoms with Crippen LogP contribution in [0.15, 0.2) is 24.3 Å². The highest BCUT2D eigenvalue weighted by Gasteiger charge is 2.04. The van der Waals surface area contributed by atoms with Crippen LogP contribution in [0.3, 0.4) is 0 Å². The molecule has 2 rings (SSSR count). The van der Waals surface area contributed by atoms with E-state index in [9.17, 15) is 0 Å². The first-order chi connectivity index (χ1) is 8.58. The van der Waals surface area contributed by atoms with E-state index in [1.165, 1.54) is 0 Å². The van der Waals surface area contributed by atoms with Crippen molar-refractivity contribution in [1.29, 1.82) is 5.26 Å². The number of nitriles is 1. The average molecular weight is 240 g/mol. The molecule has 0 bridgehead atoms. The van der Waals surface area contributed by atoms with Crippen LogP contribution in [0, 0.1) is 18.3 Å². The number of aryl methyl sites for hydroxylation is 1. The van der Waals surface area contributed by atoms with Gasteiger partial charge in [0.2, 0.25) is 5.95 Å². The first-order valence-corrected chi connectivity index (χ1v) is 5.26. The van der Waals surface area contributed by atoms with Gasteiger partial charge in [-0.3, -0.25) is 0 Å². The van der Waals surface area contributed by atoms with Crippen molar-refractivity contribution in [3.63, 3.8) is 0 Å². The summed E-state index contributed by atoms with van der Waals surface area (Å²) in [6.45, 7) is 1.93. The molecule has 1 aromatic heterocycles. The fraction of sp³-hybridized carbons (Fsp3) is 0.0833. The first-order valence-electron chi connectivity index (χ1n) is 5.26. The minimum atomic E-state index is 0.103. The number of rotatable bonds is 2. The first kappa shape index (κ1) is 11.7. The van der Waals surface area contributed by atoms with E-state index in [2.05, 4.69) is 21.4 Å². The summed E-state index contributed by atoms with van der Waals surface area (Å²) >= 11 is 0. The lowest BCUT2D eigenvalue weighted by Crippen LogP contribution is -2.03. The Morgan fingerprint density at radius 1 is 1.22 bits per heavy atom. The van der Waals surface area contributed by atoms with Crippen LogP contribution in [0.2, 0.25) is 0 Å². The number of nitrogens with zero attached hydrogens (tertiary/aromatic N) is 3. The zero-order valence-electron chi connectivity index (χ0n) is 9.81. The van der Waals surface area contributed by atoms with Gasteiger partial charge in [-0.25, -0.2) is 0 Å². The van der Waals surface area contributed by atoms with Gasteiger partial charge in [-0.1, -0.05) is 6.07 Å². The second kappa shape index (κ2) is 4.59. The molecule has 2 aromatic rings. The third-order valence-electron chi connectivity index (χ3n) is 2.39. The molecule has 6 heteroatoms. The number of anilines is 4. The van der Waals surface area contributed by atoms with Crippen LogP contribution in [0.1, 0.15) is 11.1 Å². The number of hydrogen-bond donors (Lipinski definition) is 3. The van der Waals surface area contributed by atoms with Gasteiger partial charge in [-0.05, 0) is 24.6 Å². The number of nitrogen functional groups attached to an aromatic ring is 2. The summed E-state index contributed by atoms with van der Waals surface area (Å²) in [6, 6.07) is 9.01. The molecule has 0 saturated carbocycles. The Balaban J connectivity index is 2.36. The number of hydrogen-bond acceptors (Lipinski definition) is 6. The normalized spacial score (nSPS) is 9.78. The van der Waals surface area contributed by atoms with Crippen LogP contribution >= 0.6 is 0 Å². The highest BCUT2D eigenvalue weighted by atomic mass is 15.1. The molecule has 90 valence electrons. The summed E-state index contributed by atoms with van der Waals surface area (Å²) in [5.41, 5.74) is 13.4. The van der Waals surface area contributed by atoms with Crippen molar-refractivity contribution < 1.29 is 0 Å². The van der Waals surface area contributed by atoms with E-state index in [4.69, 9.17) is 16.7 Å². The van der Waals surface area contributed by atoms with Gasteiger partial charge in [0, 0.05) is 11.8 Å². The number of nitrogens with two attached hydrogens (primary N) is 2. The Morgan fingerprint density at radius 3 is 2.67 bits per heavy atom. The molecule has 0 spiro atoms. The molecule has 0 radical (unpaired) electrons. The van der Waals surface area contributed by atoms with Crippen LogP contribution in [-0.4, -0.2) is 9.97 Å². The molecular formula is C12H12N6. The molecule has 18 heavy (non-hydrogen) atoms. The zero-order valence-corrected chi connectivity index (χ0v) is 9.81. The number of benzene rings is 1. The Morgan fingerprint density at radius 2 is 2.00 bits per heavy atom. The maximum absolute atomic E-state index is 8.86. The van der Waals surface area contributed by atoms with Gasteiger partial charge < -0.3 is 16.8 Å². The predicted octanol–water partition coefficient (Wildman–Crippen LogP) is 1.56. The Labute approximate surface area is 104 Å². The van der Waals surface area contributed by atoms with Crippen LogP contribution in [0.5, 0.6) is 0 Å². The van der Waals surface area contributed by atoms with Gasteiger partial charge in [0.05, 0.1) is 11.6 Å². The molecule has 5 N–H and O–H groups in total. The molecule has 0 aliphatic rings. The van der Waals surface area contributed by atoms with Crippen molar-refractivity contribution in [3.05, 3.63) is 35.4 Å². The lowest BCUT2D eigenvalue weighted by Gasteiger charge is -2.09. The topological polar surface area (TPSA) is 114 Å². The highest BCUT2D eigenvalue weighted by Crippen LogP contribution is 2.21. The third kappa shape index (κ3) is 2.47. The molecule has 0 atom stereocenters. The van der Waals surface area contributed by atoms with E-state index in [-0.39, 0.29) is 5.95 Å². The summed E-state index contributed by atoms with van der Waals surface area (Å²) in [4.78, 5) is 7.80. The summed E-state index contributed by atoms with van der Waals surface area (Å²) in [6.07, 6.45) is 0. The monoisotopic (exact) mass is 240 g/mol. The van der Waals surface area contributed by atoms with Crippen molar-refractivity contribution in [2.24, 2.45) is 0 Å². The minimum Gasteiger partial charge on any atom is -0.383 e. The summed E-state index contributed by atoms with van der Waals surface area (Å²) in [5, 5.41) is 11.9. The van der Waals surface area contributed by atoms with E-state index in [1.54, 1.807) is 18.2 Å². The van der Waals surface area contributed by atoms with Crippen LogP contribution in [0.25, 0.3) is 0 Å². The fourth-order valence-electron chi connectivity index (χ4n) is 1.51. The van der Waals surface area contributed by atoms with Crippen molar-refractivity contribution in [3.8, 4) is 6.07 Å². The minimum absolute atomic E-state index is 0.103.